The Balaban J connectivity index is 1.93. The van der Waals surface area contributed by atoms with Crippen molar-refractivity contribution in [3.05, 3.63) is 0 Å². The van der Waals surface area contributed by atoms with E-state index in [0.717, 1.165) is 51.9 Å². The highest BCUT2D eigenvalue weighted by molar-refractivity contribution is 5.91. The molecular weight excluding hydrogens is 300 g/mol. The van der Waals surface area contributed by atoms with E-state index in [0.29, 0.717) is 0 Å². The molecule has 0 spiro atoms. The summed E-state index contributed by atoms with van der Waals surface area (Å²) in [7, 11) is 1.92. The number of amides is 1. The SMILES string of the molecule is CN(CCN1CCCCC1)C(=O)C1CCCCC1C(=O)C(C)(C)C. The van der Waals surface area contributed by atoms with E-state index in [1.54, 1.807) is 0 Å². The van der Waals surface area contributed by atoms with Crippen LogP contribution in [0.2, 0.25) is 0 Å². The second-order valence-corrected chi connectivity index (χ2v) is 8.77. The Hall–Kier alpha value is -0.900. The molecule has 2 rings (SSSR count). The number of nitrogens with zero attached hydrogens (tertiary/aromatic N) is 2. The number of likely N-dealkylation sites (tertiary alicyclic amines) is 1. The first kappa shape index (κ1) is 19.4. The smallest absolute Gasteiger partial charge is 0.226 e. The van der Waals surface area contributed by atoms with Gasteiger partial charge in [-0.3, -0.25) is 9.59 Å². The van der Waals surface area contributed by atoms with Crippen molar-refractivity contribution in [3.63, 3.8) is 0 Å². The molecule has 1 aliphatic carbocycles. The third-order valence-electron chi connectivity index (χ3n) is 5.74. The first-order chi connectivity index (χ1) is 11.3. The molecule has 0 aromatic carbocycles. The van der Waals surface area contributed by atoms with Crippen molar-refractivity contribution in [1.29, 1.82) is 0 Å². The molecular formula is C20H36N2O2. The zero-order chi connectivity index (χ0) is 17.7. The van der Waals surface area contributed by atoms with Crippen molar-refractivity contribution in [3.8, 4) is 0 Å². The Morgan fingerprint density at radius 1 is 0.958 bits per heavy atom. The van der Waals surface area contributed by atoms with Gasteiger partial charge in [-0.05, 0) is 38.8 Å². The van der Waals surface area contributed by atoms with Gasteiger partial charge >= 0.3 is 0 Å². The Morgan fingerprint density at radius 3 is 2.12 bits per heavy atom. The number of carbonyl (C=O) groups excluding carboxylic acids is 2. The van der Waals surface area contributed by atoms with Crippen LogP contribution in [0.1, 0.15) is 65.7 Å². The fourth-order valence-corrected chi connectivity index (χ4v) is 4.16. The lowest BCUT2D eigenvalue weighted by molar-refractivity contribution is -0.145. The minimum atomic E-state index is -0.354. The van der Waals surface area contributed by atoms with E-state index < -0.39 is 0 Å². The molecule has 2 atom stereocenters. The maximum Gasteiger partial charge on any atom is 0.226 e. The maximum atomic E-state index is 13.0. The molecule has 1 amide bonds. The number of hydrogen-bond acceptors (Lipinski definition) is 3. The lowest BCUT2D eigenvalue weighted by Gasteiger charge is -2.36. The number of Topliss-reactive ketones (excluding diaryl/α,β-unsaturated/α-hetero) is 1. The van der Waals surface area contributed by atoms with Gasteiger partial charge < -0.3 is 9.80 Å². The van der Waals surface area contributed by atoms with E-state index in [1.165, 1.54) is 19.3 Å². The molecule has 1 saturated carbocycles. The van der Waals surface area contributed by atoms with Crippen molar-refractivity contribution in [2.24, 2.45) is 17.3 Å². The summed E-state index contributed by atoms with van der Waals surface area (Å²) in [5.74, 6) is 0.278. The lowest BCUT2D eigenvalue weighted by atomic mass is 9.70. The van der Waals surface area contributed by atoms with Crippen molar-refractivity contribution < 1.29 is 9.59 Å². The molecule has 1 heterocycles. The van der Waals surface area contributed by atoms with Crippen LogP contribution in [0.4, 0.5) is 0 Å². The van der Waals surface area contributed by atoms with E-state index in [2.05, 4.69) is 4.90 Å². The van der Waals surface area contributed by atoms with Crippen LogP contribution in [0.3, 0.4) is 0 Å². The van der Waals surface area contributed by atoms with Crippen LogP contribution in [-0.2, 0) is 9.59 Å². The van der Waals surface area contributed by atoms with Gasteiger partial charge in [0.25, 0.3) is 0 Å². The third-order valence-corrected chi connectivity index (χ3v) is 5.74. The van der Waals surface area contributed by atoms with E-state index in [1.807, 2.05) is 32.7 Å². The second kappa shape index (κ2) is 8.46. The summed E-state index contributed by atoms with van der Waals surface area (Å²) in [6.45, 7) is 10.0. The number of carbonyl (C=O) groups is 2. The minimum Gasteiger partial charge on any atom is -0.344 e. The molecule has 0 aromatic heterocycles. The molecule has 2 unspecified atom stereocenters. The molecule has 0 N–H and O–H groups in total. The van der Waals surface area contributed by atoms with Crippen LogP contribution in [0, 0.1) is 17.3 Å². The van der Waals surface area contributed by atoms with Gasteiger partial charge in [0.1, 0.15) is 5.78 Å². The highest BCUT2D eigenvalue weighted by atomic mass is 16.2. The van der Waals surface area contributed by atoms with E-state index in [9.17, 15) is 9.59 Å². The zero-order valence-corrected chi connectivity index (χ0v) is 16.1. The summed E-state index contributed by atoms with van der Waals surface area (Å²) >= 11 is 0. The third kappa shape index (κ3) is 5.05. The highest BCUT2D eigenvalue weighted by Crippen LogP contribution is 2.36. The Morgan fingerprint density at radius 2 is 1.54 bits per heavy atom. The first-order valence-corrected chi connectivity index (χ1v) is 9.82. The summed E-state index contributed by atoms with van der Waals surface area (Å²) in [4.78, 5) is 30.1. The summed E-state index contributed by atoms with van der Waals surface area (Å²) in [5.41, 5.74) is -0.354. The molecule has 0 aromatic rings. The van der Waals surface area contributed by atoms with Crippen molar-refractivity contribution in [2.45, 2.75) is 65.7 Å². The van der Waals surface area contributed by atoms with Gasteiger partial charge in [-0.2, -0.15) is 0 Å². The second-order valence-electron chi connectivity index (χ2n) is 8.77. The number of likely N-dealkylation sites (N-methyl/N-ethyl adjacent to an activating group) is 1. The monoisotopic (exact) mass is 336 g/mol. The van der Waals surface area contributed by atoms with Crippen molar-refractivity contribution in [1.82, 2.24) is 9.80 Å². The summed E-state index contributed by atoms with van der Waals surface area (Å²) in [6.07, 6.45) is 7.80. The normalized spacial score (nSPS) is 26.2. The number of ketones is 1. The fourth-order valence-electron chi connectivity index (χ4n) is 4.16. The summed E-state index contributed by atoms with van der Waals surface area (Å²) < 4.78 is 0. The number of piperidine rings is 1. The number of hydrogen-bond donors (Lipinski definition) is 0. The van der Waals surface area contributed by atoms with Gasteiger partial charge in [-0.15, -0.1) is 0 Å². The van der Waals surface area contributed by atoms with Gasteiger partial charge in [-0.1, -0.05) is 40.0 Å². The molecule has 2 aliphatic rings. The average Bonchev–Trinajstić information content (AvgIpc) is 2.58. The summed E-state index contributed by atoms with van der Waals surface area (Å²) in [5, 5.41) is 0. The topological polar surface area (TPSA) is 40.6 Å². The molecule has 4 nitrogen and oxygen atoms in total. The van der Waals surface area contributed by atoms with E-state index in [4.69, 9.17) is 0 Å². The molecule has 0 bridgehead atoms. The predicted octanol–water partition coefficient (Wildman–Crippen LogP) is 3.35. The van der Waals surface area contributed by atoms with E-state index in [-0.39, 0.29) is 28.9 Å². The standard InChI is InChI=1S/C20H36N2O2/c1-20(2,3)18(23)16-10-6-7-11-17(16)19(24)21(4)14-15-22-12-8-5-9-13-22/h16-17H,5-15H2,1-4H3. The molecule has 0 radical (unpaired) electrons. The van der Waals surface area contributed by atoms with Gasteiger partial charge in [0, 0.05) is 37.4 Å². The molecule has 1 aliphatic heterocycles. The van der Waals surface area contributed by atoms with Crippen LogP contribution >= 0.6 is 0 Å². The van der Waals surface area contributed by atoms with Gasteiger partial charge in [0.05, 0.1) is 0 Å². The van der Waals surface area contributed by atoms with Crippen LogP contribution in [-0.4, -0.2) is 54.7 Å². The first-order valence-electron chi connectivity index (χ1n) is 9.82. The Labute approximate surface area is 148 Å². The van der Waals surface area contributed by atoms with Crippen LogP contribution in [0.25, 0.3) is 0 Å². The van der Waals surface area contributed by atoms with Gasteiger partial charge in [0.2, 0.25) is 5.91 Å². The molecule has 2 fully saturated rings. The predicted molar refractivity (Wildman–Crippen MR) is 97.8 cm³/mol. The van der Waals surface area contributed by atoms with Crippen molar-refractivity contribution >= 4 is 11.7 Å². The van der Waals surface area contributed by atoms with Gasteiger partial charge in [-0.25, -0.2) is 0 Å². The molecule has 138 valence electrons. The average molecular weight is 337 g/mol. The maximum absolute atomic E-state index is 13.0. The molecule has 1 saturated heterocycles. The molecule has 4 heteroatoms. The quantitative estimate of drug-likeness (QED) is 0.773. The minimum absolute atomic E-state index is 0.0799. The zero-order valence-electron chi connectivity index (χ0n) is 16.1. The largest absolute Gasteiger partial charge is 0.344 e. The Kier molecular flexibility index (Phi) is 6.85. The summed E-state index contributed by atoms with van der Waals surface area (Å²) in [6, 6.07) is 0. The lowest BCUT2D eigenvalue weighted by Crippen LogP contribution is -2.45. The van der Waals surface area contributed by atoms with Gasteiger partial charge in [0.15, 0.2) is 0 Å². The highest BCUT2D eigenvalue weighted by Gasteiger charge is 2.40. The van der Waals surface area contributed by atoms with Crippen molar-refractivity contribution in [2.75, 3.05) is 33.2 Å². The van der Waals surface area contributed by atoms with Crippen LogP contribution < -0.4 is 0 Å². The Bertz CT molecular complexity index is 435. The van der Waals surface area contributed by atoms with E-state index >= 15 is 0 Å². The van der Waals surface area contributed by atoms with Crippen LogP contribution in [0.5, 0.6) is 0 Å². The molecule has 24 heavy (non-hydrogen) atoms. The number of rotatable bonds is 5. The van der Waals surface area contributed by atoms with Crippen LogP contribution in [0.15, 0.2) is 0 Å². The fraction of sp³-hybridized carbons (Fsp3) is 0.900.